The molecule has 0 aliphatic carbocycles. The summed E-state index contributed by atoms with van der Waals surface area (Å²) >= 11 is 0. The molecule has 1 aromatic heterocycles. The third-order valence-corrected chi connectivity index (χ3v) is 4.72. The van der Waals surface area contributed by atoms with Crippen LogP contribution in [-0.2, 0) is 6.42 Å². The summed E-state index contributed by atoms with van der Waals surface area (Å²) in [6.45, 7) is 4.35. The van der Waals surface area contributed by atoms with Crippen LogP contribution in [0.2, 0.25) is 0 Å². The molecule has 1 amide bonds. The number of carbonyl (C=O) groups is 1. The number of nitrogens with zero attached hydrogens (tertiary/aromatic N) is 4. The SMILES string of the molecule is O=C(c1ccc2nonc2c1)N1CCN(CCc2ccccc2)CC1. The van der Waals surface area contributed by atoms with Gasteiger partial charge >= 0.3 is 0 Å². The minimum Gasteiger partial charge on any atom is -0.336 e. The molecule has 1 aliphatic rings. The van der Waals surface area contributed by atoms with Crippen molar-refractivity contribution in [1.82, 2.24) is 20.1 Å². The molecular formula is C19H20N4O2. The minimum atomic E-state index is 0.0487. The molecule has 0 N–H and O–H groups in total. The van der Waals surface area contributed by atoms with E-state index in [9.17, 15) is 4.79 Å². The van der Waals surface area contributed by atoms with E-state index in [0.717, 1.165) is 39.1 Å². The number of hydrogen-bond acceptors (Lipinski definition) is 5. The third kappa shape index (κ3) is 3.53. The molecule has 2 aromatic carbocycles. The van der Waals surface area contributed by atoms with E-state index in [0.29, 0.717) is 16.6 Å². The maximum Gasteiger partial charge on any atom is 0.254 e. The van der Waals surface area contributed by atoms with Crippen molar-refractivity contribution < 1.29 is 9.42 Å². The van der Waals surface area contributed by atoms with Crippen LogP contribution in [0, 0.1) is 0 Å². The van der Waals surface area contributed by atoms with Crippen molar-refractivity contribution in [1.29, 1.82) is 0 Å². The van der Waals surface area contributed by atoms with Gasteiger partial charge in [-0.3, -0.25) is 9.69 Å². The summed E-state index contributed by atoms with van der Waals surface area (Å²) in [5, 5.41) is 7.58. The van der Waals surface area contributed by atoms with E-state index in [4.69, 9.17) is 4.63 Å². The summed E-state index contributed by atoms with van der Waals surface area (Å²) in [5.74, 6) is 0.0487. The summed E-state index contributed by atoms with van der Waals surface area (Å²) in [4.78, 5) is 17.0. The number of benzene rings is 2. The van der Waals surface area contributed by atoms with E-state index >= 15 is 0 Å². The molecule has 4 rings (SSSR count). The Bertz CT molecular complexity index is 854. The maximum atomic E-state index is 12.7. The van der Waals surface area contributed by atoms with E-state index in [2.05, 4.69) is 39.5 Å². The van der Waals surface area contributed by atoms with Gasteiger partial charge in [0.05, 0.1) is 0 Å². The number of carbonyl (C=O) groups excluding carboxylic acids is 1. The molecular weight excluding hydrogens is 316 g/mol. The number of aromatic nitrogens is 2. The van der Waals surface area contributed by atoms with E-state index in [1.807, 2.05) is 11.0 Å². The van der Waals surface area contributed by atoms with Gasteiger partial charge in [0.2, 0.25) is 0 Å². The van der Waals surface area contributed by atoms with Crippen LogP contribution >= 0.6 is 0 Å². The highest BCUT2D eigenvalue weighted by atomic mass is 16.6. The number of fused-ring (bicyclic) bond motifs is 1. The maximum absolute atomic E-state index is 12.7. The van der Waals surface area contributed by atoms with Crippen molar-refractivity contribution in [2.75, 3.05) is 32.7 Å². The third-order valence-electron chi connectivity index (χ3n) is 4.72. The monoisotopic (exact) mass is 336 g/mol. The predicted octanol–water partition coefficient (Wildman–Crippen LogP) is 2.22. The Morgan fingerprint density at radius 1 is 0.960 bits per heavy atom. The summed E-state index contributed by atoms with van der Waals surface area (Å²) in [6, 6.07) is 15.8. The molecule has 3 aromatic rings. The molecule has 0 unspecified atom stereocenters. The standard InChI is InChI=1S/C19H20N4O2/c24-19(16-6-7-17-18(14-16)21-25-20-17)23-12-10-22(11-13-23)9-8-15-4-2-1-3-5-15/h1-7,14H,8-13H2. The lowest BCUT2D eigenvalue weighted by atomic mass is 10.1. The summed E-state index contributed by atoms with van der Waals surface area (Å²) in [7, 11) is 0. The van der Waals surface area contributed by atoms with Crippen molar-refractivity contribution in [3.63, 3.8) is 0 Å². The largest absolute Gasteiger partial charge is 0.336 e. The van der Waals surface area contributed by atoms with E-state index in [1.165, 1.54) is 5.56 Å². The van der Waals surface area contributed by atoms with Gasteiger partial charge < -0.3 is 4.90 Å². The average molecular weight is 336 g/mol. The smallest absolute Gasteiger partial charge is 0.254 e. The van der Waals surface area contributed by atoms with Crippen LogP contribution in [0.1, 0.15) is 15.9 Å². The highest BCUT2D eigenvalue weighted by Gasteiger charge is 2.22. The lowest BCUT2D eigenvalue weighted by Crippen LogP contribution is -2.49. The van der Waals surface area contributed by atoms with Gasteiger partial charge in [-0.2, -0.15) is 0 Å². The first-order chi connectivity index (χ1) is 12.3. The second-order valence-electron chi connectivity index (χ2n) is 6.34. The van der Waals surface area contributed by atoms with Crippen molar-refractivity contribution in [3.05, 3.63) is 59.7 Å². The first-order valence-electron chi connectivity index (χ1n) is 8.57. The van der Waals surface area contributed by atoms with Gasteiger partial charge in [-0.25, -0.2) is 4.63 Å². The van der Waals surface area contributed by atoms with Gasteiger partial charge in [-0.15, -0.1) is 0 Å². The number of rotatable bonds is 4. The first-order valence-corrected chi connectivity index (χ1v) is 8.57. The average Bonchev–Trinajstić information content (AvgIpc) is 3.15. The molecule has 6 heteroatoms. The van der Waals surface area contributed by atoms with Crippen LogP contribution in [0.25, 0.3) is 11.0 Å². The molecule has 2 heterocycles. The molecule has 25 heavy (non-hydrogen) atoms. The molecule has 1 saturated heterocycles. The summed E-state index contributed by atoms with van der Waals surface area (Å²) < 4.78 is 4.69. The van der Waals surface area contributed by atoms with Crippen LogP contribution in [0.4, 0.5) is 0 Å². The highest BCUT2D eigenvalue weighted by molar-refractivity contribution is 5.97. The lowest BCUT2D eigenvalue weighted by Gasteiger charge is -2.34. The zero-order valence-corrected chi connectivity index (χ0v) is 14.0. The first kappa shape index (κ1) is 15.8. The zero-order chi connectivity index (χ0) is 17.1. The zero-order valence-electron chi connectivity index (χ0n) is 14.0. The van der Waals surface area contributed by atoms with Crippen LogP contribution in [0.3, 0.4) is 0 Å². The number of amides is 1. The molecule has 0 spiro atoms. The second-order valence-corrected chi connectivity index (χ2v) is 6.34. The Morgan fingerprint density at radius 2 is 1.72 bits per heavy atom. The number of piperazine rings is 1. The molecule has 0 saturated carbocycles. The van der Waals surface area contributed by atoms with Crippen molar-refractivity contribution >= 4 is 16.9 Å². The van der Waals surface area contributed by atoms with E-state index < -0.39 is 0 Å². The predicted molar refractivity (Wildman–Crippen MR) is 94.3 cm³/mol. The minimum absolute atomic E-state index is 0.0487. The quantitative estimate of drug-likeness (QED) is 0.731. The Kier molecular flexibility index (Phi) is 4.43. The second kappa shape index (κ2) is 7.03. The Morgan fingerprint density at radius 3 is 2.52 bits per heavy atom. The summed E-state index contributed by atoms with van der Waals surface area (Å²) in [6.07, 6.45) is 1.05. The fourth-order valence-corrected chi connectivity index (χ4v) is 3.20. The van der Waals surface area contributed by atoms with Gasteiger partial charge in [0, 0.05) is 38.3 Å². The van der Waals surface area contributed by atoms with Crippen LogP contribution in [0.5, 0.6) is 0 Å². The van der Waals surface area contributed by atoms with Gasteiger partial charge in [-0.1, -0.05) is 30.3 Å². The van der Waals surface area contributed by atoms with Gasteiger partial charge in [0.15, 0.2) is 0 Å². The molecule has 128 valence electrons. The van der Waals surface area contributed by atoms with Crippen molar-refractivity contribution in [2.45, 2.75) is 6.42 Å². The van der Waals surface area contributed by atoms with Crippen molar-refractivity contribution in [2.24, 2.45) is 0 Å². The van der Waals surface area contributed by atoms with Crippen molar-refractivity contribution in [3.8, 4) is 0 Å². The molecule has 1 fully saturated rings. The fraction of sp³-hybridized carbons (Fsp3) is 0.316. The van der Waals surface area contributed by atoms with E-state index in [1.54, 1.807) is 18.2 Å². The Balaban J connectivity index is 1.32. The normalized spacial score (nSPS) is 15.6. The molecule has 1 aliphatic heterocycles. The Labute approximate surface area is 146 Å². The Hall–Kier alpha value is -2.73. The van der Waals surface area contributed by atoms with E-state index in [-0.39, 0.29) is 5.91 Å². The lowest BCUT2D eigenvalue weighted by molar-refractivity contribution is 0.0638. The molecule has 0 bridgehead atoms. The van der Waals surface area contributed by atoms with Crippen LogP contribution in [-0.4, -0.2) is 58.7 Å². The van der Waals surface area contributed by atoms with Crippen LogP contribution < -0.4 is 0 Å². The molecule has 0 radical (unpaired) electrons. The molecule has 0 atom stereocenters. The van der Waals surface area contributed by atoms with Crippen LogP contribution in [0.15, 0.2) is 53.2 Å². The van der Waals surface area contributed by atoms with Gasteiger partial charge in [0.25, 0.3) is 5.91 Å². The van der Waals surface area contributed by atoms with Gasteiger partial charge in [0.1, 0.15) is 11.0 Å². The topological polar surface area (TPSA) is 62.5 Å². The highest BCUT2D eigenvalue weighted by Crippen LogP contribution is 2.15. The summed E-state index contributed by atoms with van der Waals surface area (Å²) in [5.41, 5.74) is 3.28. The molecule has 6 nitrogen and oxygen atoms in total. The number of hydrogen-bond donors (Lipinski definition) is 0. The van der Waals surface area contributed by atoms with Gasteiger partial charge in [-0.05, 0) is 40.5 Å². The fourth-order valence-electron chi connectivity index (χ4n) is 3.20.